The number of aromatic nitrogens is 1. The van der Waals surface area contributed by atoms with E-state index in [0.29, 0.717) is 11.3 Å². The van der Waals surface area contributed by atoms with Gasteiger partial charge in [0, 0.05) is 23.3 Å². The summed E-state index contributed by atoms with van der Waals surface area (Å²) in [5.74, 6) is 1.21. The summed E-state index contributed by atoms with van der Waals surface area (Å²) in [6.45, 7) is 0. The molecule has 0 unspecified atom stereocenters. The molecule has 3 aromatic carbocycles. The van der Waals surface area contributed by atoms with Crippen LogP contribution < -0.4 is 9.30 Å². The number of hydrogen-bond acceptors (Lipinski definition) is 3. The van der Waals surface area contributed by atoms with E-state index in [1.54, 1.807) is 18.9 Å². The zero-order valence-corrected chi connectivity index (χ0v) is 18.4. The van der Waals surface area contributed by atoms with Gasteiger partial charge in [-0.25, -0.2) is 0 Å². The van der Waals surface area contributed by atoms with Gasteiger partial charge in [0.05, 0.1) is 12.9 Å². The number of thioether (sulfide) groups is 1. The van der Waals surface area contributed by atoms with E-state index in [1.165, 1.54) is 0 Å². The number of benzene rings is 3. The molecule has 4 heteroatoms. The number of rotatable bonds is 7. The molecule has 0 radical (unpaired) electrons. The molecule has 4 rings (SSSR count). The maximum Gasteiger partial charge on any atom is 0.241 e. The van der Waals surface area contributed by atoms with Crippen LogP contribution in [0, 0.1) is 0 Å². The van der Waals surface area contributed by atoms with Crippen LogP contribution in [0.1, 0.15) is 10.4 Å². The molecular weight excluding hydrogens is 402 g/mol. The van der Waals surface area contributed by atoms with Crippen molar-refractivity contribution < 1.29 is 14.1 Å². The maximum absolute atomic E-state index is 12.8. The third kappa shape index (κ3) is 4.86. The van der Waals surface area contributed by atoms with Gasteiger partial charge < -0.3 is 4.74 Å². The fraction of sp³-hybridized carbons (Fsp3) is 0.111. The van der Waals surface area contributed by atoms with Crippen LogP contribution in [-0.4, -0.2) is 18.6 Å². The number of ketones is 1. The third-order valence-electron chi connectivity index (χ3n) is 5.20. The van der Waals surface area contributed by atoms with Gasteiger partial charge in [0.1, 0.15) is 12.8 Å². The number of hydrogen-bond donors (Lipinski definition) is 0. The summed E-state index contributed by atoms with van der Waals surface area (Å²) in [6.07, 6.45) is 0. The Bertz CT molecular complexity index is 1170. The highest BCUT2D eigenvalue weighted by Crippen LogP contribution is 2.28. The van der Waals surface area contributed by atoms with Gasteiger partial charge in [0.2, 0.25) is 10.7 Å². The van der Waals surface area contributed by atoms with E-state index in [4.69, 9.17) is 4.74 Å². The van der Waals surface area contributed by atoms with Gasteiger partial charge in [-0.2, -0.15) is 4.57 Å². The summed E-state index contributed by atoms with van der Waals surface area (Å²) in [5, 5.41) is 1.04. The number of Topliss-reactive ketones (excluding diaryl/α,β-unsaturated/α-hetero) is 1. The first kappa shape index (κ1) is 20.9. The standard InChI is InChI=1S/C27H24NO2S/c1-28-25(21-11-7-4-8-12-21)17-23(20-9-5-3-6-10-20)18-27(28)31-19-26(29)22-13-15-24(30-2)16-14-22/h3-18H,19H2,1-2H3/q+1. The van der Waals surface area contributed by atoms with Gasteiger partial charge in [0.25, 0.3) is 0 Å². The summed E-state index contributed by atoms with van der Waals surface area (Å²) < 4.78 is 7.34. The highest BCUT2D eigenvalue weighted by Gasteiger charge is 2.20. The van der Waals surface area contributed by atoms with Crippen molar-refractivity contribution in [3.63, 3.8) is 0 Å². The van der Waals surface area contributed by atoms with Crippen LogP contribution in [0.4, 0.5) is 0 Å². The number of carbonyl (C=O) groups is 1. The molecule has 0 fully saturated rings. The molecule has 1 heterocycles. The van der Waals surface area contributed by atoms with Crippen LogP contribution in [0.2, 0.25) is 0 Å². The minimum absolute atomic E-state index is 0.0963. The maximum atomic E-state index is 12.8. The molecule has 0 bridgehead atoms. The van der Waals surface area contributed by atoms with Gasteiger partial charge in [-0.15, -0.1) is 0 Å². The molecule has 0 N–H and O–H groups in total. The monoisotopic (exact) mass is 426 g/mol. The number of methoxy groups -OCH3 is 1. The molecular formula is C27H24NO2S+. The van der Waals surface area contributed by atoms with Gasteiger partial charge >= 0.3 is 0 Å². The average Bonchev–Trinajstić information content (AvgIpc) is 2.84. The van der Waals surface area contributed by atoms with Crippen LogP contribution in [0.5, 0.6) is 5.75 Å². The van der Waals surface area contributed by atoms with E-state index >= 15 is 0 Å². The number of carbonyl (C=O) groups excluding carboxylic acids is 1. The summed E-state index contributed by atoms with van der Waals surface area (Å²) in [5.41, 5.74) is 5.24. The van der Waals surface area contributed by atoms with Crippen LogP contribution in [0.25, 0.3) is 22.4 Å². The topological polar surface area (TPSA) is 30.2 Å². The van der Waals surface area contributed by atoms with Crippen molar-refractivity contribution in [2.75, 3.05) is 12.9 Å². The van der Waals surface area contributed by atoms with Gasteiger partial charge in [0.15, 0.2) is 5.78 Å². The molecule has 0 amide bonds. The average molecular weight is 427 g/mol. The highest BCUT2D eigenvalue weighted by molar-refractivity contribution is 7.99. The Hall–Kier alpha value is -3.37. The Morgan fingerprint density at radius 3 is 2.03 bits per heavy atom. The largest absolute Gasteiger partial charge is 0.497 e. The van der Waals surface area contributed by atoms with Crippen molar-refractivity contribution >= 4 is 17.5 Å². The van der Waals surface area contributed by atoms with Crippen LogP contribution in [0.15, 0.2) is 102 Å². The zero-order chi connectivity index (χ0) is 21.6. The Morgan fingerprint density at radius 1 is 0.806 bits per heavy atom. The van der Waals surface area contributed by atoms with Gasteiger partial charge in [-0.1, -0.05) is 48.5 Å². The number of nitrogens with zero attached hydrogens (tertiary/aromatic N) is 1. The lowest BCUT2D eigenvalue weighted by molar-refractivity contribution is -0.698. The van der Waals surface area contributed by atoms with Crippen molar-refractivity contribution in [2.24, 2.45) is 7.05 Å². The Labute approximate surface area is 187 Å². The van der Waals surface area contributed by atoms with Crippen LogP contribution in [0.3, 0.4) is 0 Å². The van der Waals surface area contributed by atoms with E-state index in [9.17, 15) is 4.79 Å². The smallest absolute Gasteiger partial charge is 0.241 e. The first-order chi connectivity index (χ1) is 15.2. The molecule has 31 heavy (non-hydrogen) atoms. The van der Waals surface area contributed by atoms with Crippen molar-refractivity contribution in [3.8, 4) is 28.1 Å². The second-order valence-corrected chi connectivity index (χ2v) is 8.19. The molecule has 0 aliphatic heterocycles. The lowest BCUT2D eigenvalue weighted by Gasteiger charge is -2.09. The number of ether oxygens (including phenoxy) is 1. The minimum Gasteiger partial charge on any atom is -0.497 e. The number of pyridine rings is 1. The molecule has 3 nitrogen and oxygen atoms in total. The molecule has 1 aromatic heterocycles. The quantitative estimate of drug-likeness (QED) is 0.212. The lowest BCUT2D eigenvalue weighted by atomic mass is 10.0. The van der Waals surface area contributed by atoms with E-state index in [1.807, 2.05) is 60.7 Å². The fourth-order valence-corrected chi connectivity index (χ4v) is 4.40. The van der Waals surface area contributed by atoms with Crippen molar-refractivity contribution in [1.29, 1.82) is 0 Å². The second-order valence-electron chi connectivity index (χ2n) is 7.20. The molecule has 0 saturated heterocycles. The van der Waals surface area contributed by atoms with E-state index in [-0.39, 0.29) is 5.78 Å². The first-order valence-corrected chi connectivity index (χ1v) is 11.1. The summed E-state index contributed by atoms with van der Waals surface area (Å²) in [7, 11) is 3.67. The predicted molar refractivity (Wildman–Crippen MR) is 127 cm³/mol. The highest BCUT2D eigenvalue weighted by atomic mass is 32.2. The Balaban J connectivity index is 1.66. The summed E-state index contributed by atoms with van der Waals surface area (Å²) in [4.78, 5) is 12.8. The second kappa shape index (κ2) is 9.63. The molecule has 0 saturated carbocycles. The van der Waals surface area contributed by atoms with Gasteiger partial charge in [-0.05, 0) is 59.3 Å². The lowest BCUT2D eigenvalue weighted by Crippen LogP contribution is -2.34. The van der Waals surface area contributed by atoms with E-state index < -0.39 is 0 Å². The molecule has 0 aliphatic carbocycles. The molecule has 0 aliphatic rings. The molecule has 154 valence electrons. The summed E-state index contributed by atoms with van der Waals surface area (Å²) in [6, 6.07) is 32.3. The van der Waals surface area contributed by atoms with E-state index in [0.717, 1.165) is 33.2 Å². The van der Waals surface area contributed by atoms with Gasteiger partial charge in [-0.3, -0.25) is 4.79 Å². The van der Waals surface area contributed by atoms with Crippen LogP contribution >= 0.6 is 11.8 Å². The van der Waals surface area contributed by atoms with Crippen molar-refractivity contribution in [1.82, 2.24) is 0 Å². The third-order valence-corrected chi connectivity index (χ3v) is 6.30. The first-order valence-electron chi connectivity index (χ1n) is 10.1. The Kier molecular flexibility index (Phi) is 6.48. The van der Waals surface area contributed by atoms with Crippen molar-refractivity contribution in [3.05, 3.63) is 103 Å². The fourth-order valence-electron chi connectivity index (χ4n) is 3.46. The normalized spacial score (nSPS) is 10.6. The zero-order valence-electron chi connectivity index (χ0n) is 17.6. The van der Waals surface area contributed by atoms with Crippen molar-refractivity contribution in [2.45, 2.75) is 5.03 Å². The molecule has 0 spiro atoms. The summed E-state index contributed by atoms with van der Waals surface area (Å²) >= 11 is 1.56. The minimum atomic E-state index is 0.0963. The molecule has 0 atom stereocenters. The van der Waals surface area contributed by atoms with E-state index in [2.05, 4.69) is 48.0 Å². The SMILES string of the molecule is COc1ccc(C(=O)CSc2cc(-c3ccccc3)cc(-c3ccccc3)[n+]2C)cc1. The van der Waals surface area contributed by atoms with Crippen LogP contribution in [-0.2, 0) is 7.05 Å². The molecule has 4 aromatic rings. The Morgan fingerprint density at radius 2 is 1.42 bits per heavy atom. The predicted octanol–water partition coefficient (Wildman–Crippen LogP) is 5.83.